The Hall–Kier alpha value is -3.68. The van der Waals surface area contributed by atoms with Gasteiger partial charge in [-0.25, -0.2) is 9.18 Å². The molecule has 0 spiro atoms. The summed E-state index contributed by atoms with van der Waals surface area (Å²) in [5, 5.41) is 5.73. The molecular weight excluding hydrogens is 387 g/mol. The van der Waals surface area contributed by atoms with Crippen LogP contribution in [0, 0.1) is 5.82 Å². The predicted molar refractivity (Wildman–Crippen MR) is 110 cm³/mol. The third-order valence-electron chi connectivity index (χ3n) is 5.27. The van der Waals surface area contributed by atoms with Crippen LogP contribution in [-0.2, 0) is 16.1 Å². The molecule has 2 heterocycles. The van der Waals surface area contributed by atoms with E-state index in [-0.39, 0.29) is 18.3 Å². The van der Waals surface area contributed by atoms with Crippen molar-refractivity contribution in [3.63, 3.8) is 0 Å². The number of primary amides is 1. The summed E-state index contributed by atoms with van der Waals surface area (Å²) in [6.07, 6.45) is 1.71. The third kappa shape index (κ3) is 3.41. The average molecular weight is 408 g/mol. The molecule has 0 saturated carbocycles. The lowest BCUT2D eigenvalue weighted by Gasteiger charge is -2.26. The molecule has 2 aromatic carbocycles. The largest absolute Gasteiger partial charge is 0.370 e. The van der Waals surface area contributed by atoms with Crippen LogP contribution < -0.4 is 16.4 Å². The topological polar surface area (TPSA) is 105 Å². The van der Waals surface area contributed by atoms with Crippen LogP contribution in [0.15, 0.2) is 48.5 Å². The number of halogens is 1. The Morgan fingerprint density at radius 3 is 2.47 bits per heavy atom. The Kier molecular flexibility index (Phi) is 4.57. The fourth-order valence-electron chi connectivity index (χ4n) is 3.69. The molecule has 1 saturated heterocycles. The van der Waals surface area contributed by atoms with Crippen molar-refractivity contribution in [1.29, 1.82) is 0 Å². The van der Waals surface area contributed by atoms with Gasteiger partial charge in [0, 0.05) is 11.3 Å². The molecule has 2 aliphatic heterocycles. The fraction of sp³-hybridized carbons (Fsp3) is 0.227. The van der Waals surface area contributed by atoms with E-state index < -0.39 is 23.5 Å². The minimum Gasteiger partial charge on any atom is -0.370 e. The van der Waals surface area contributed by atoms with Crippen LogP contribution in [0.2, 0.25) is 0 Å². The van der Waals surface area contributed by atoms with E-state index in [1.165, 1.54) is 12.1 Å². The van der Waals surface area contributed by atoms with Crippen LogP contribution in [-0.4, -0.2) is 34.3 Å². The van der Waals surface area contributed by atoms with Crippen molar-refractivity contribution in [3.05, 3.63) is 71.0 Å². The summed E-state index contributed by atoms with van der Waals surface area (Å²) in [5.74, 6) is -1.21. The number of hydrogen-bond donors (Lipinski definition) is 3. The second-order valence-electron chi connectivity index (χ2n) is 7.94. The lowest BCUT2D eigenvalue weighted by atomic mass is 9.90. The third-order valence-corrected chi connectivity index (χ3v) is 5.27. The van der Waals surface area contributed by atoms with Crippen molar-refractivity contribution in [2.45, 2.75) is 32.0 Å². The van der Waals surface area contributed by atoms with Gasteiger partial charge in [0.15, 0.2) is 0 Å². The number of nitrogens with zero attached hydrogens (tertiary/aromatic N) is 1. The van der Waals surface area contributed by atoms with Crippen LogP contribution in [0.4, 0.5) is 14.9 Å². The number of nitrogens with one attached hydrogen (secondary N) is 2. The van der Waals surface area contributed by atoms with Gasteiger partial charge in [-0.2, -0.15) is 0 Å². The van der Waals surface area contributed by atoms with Crippen molar-refractivity contribution < 1.29 is 18.8 Å². The van der Waals surface area contributed by atoms with Gasteiger partial charge in [-0.1, -0.05) is 24.3 Å². The number of nitrogens with two attached hydrogens (primary N) is 1. The van der Waals surface area contributed by atoms with Gasteiger partial charge >= 0.3 is 6.03 Å². The lowest BCUT2D eigenvalue weighted by molar-refractivity contribution is -0.130. The van der Waals surface area contributed by atoms with Gasteiger partial charge < -0.3 is 16.4 Å². The van der Waals surface area contributed by atoms with E-state index in [1.807, 2.05) is 12.1 Å². The molecule has 1 atom stereocenters. The number of urea groups is 1. The summed E-state index contributed by atoms with van der Waals surface area (Å²) < 4.78 is 13.3. The van der Waals surface area contributed by atoms with E-state index in [4.69, 9.17) is 5.73 Å². The smallest absolute Gasteiger partial charge is 0.325 e. The number of carbonyl (C=O) groups excluding carboxylic acids is 3. The van der Waals surface area contributed by atoms with Crippen molar-refractivity contribution in [3.8, 4) is 0 Å². The van der Waals surface area contributed by atoms with Crippen LogP contribution in [0.25, 0.3) is 5.57 Å². The van der Waals surface area contributed by atoms with Crippen molar-refractivity contribution in [1.82, 2.24) is 10.2 Å². The van der Waals surface area contributed by atoms with Crippen LogP contribution in [0.5, 0.6) is 0 Å². The first kappa shape index (κ1) is 19.6. The van der Waals surface area contributed by atoms with Gasteiger partial charge in [-0.15, -0.1) is 0 Å². The van der Waals surface area contributed by atoms with E-state index in [9.17, 15) is 18.8 Å². The van der Waals surface area contributed by atoms with E-state index in [0.717, 1.165) is 21.6 Å². The van der Waals surface area contributed by atoms with Crippen LogP contribution in [0.3, 0.4) is 0 Å². The summed E-state index contributed by atoms with van der Waals surface area (Å²) in [5.41, 5.74) is 8.22. The summed E-state index contributed by atoms with van der Waals surface area (Å²) in [7, 11) is 0. The van der Waals surface area contributed by atoms with Gasteiger partial charge in [-0.3, -0.25) is 14.5 Å². The van der Waals surface area contributed by atoms with E-state index in [2.05, 4.69) is 10.6 Å². The maximum absolute atomic E-state index is 13.3. The first-order chi connectivity index (χ1) is 14.2. The minimum atomic E-state index is -0.945. The van der Waals surface area contributed by atoms with E-state index in [0.29, 0.717) is 11.3 Å². The number of hydrogen-bond acceptors (Lipinski definition) is 4. The highest BCUT2D eigenvalue weighted by atomic mass is 19.1. The van der Waals surface area contributed by atoms with Crippen molar-refractivity contribution in [2.75, 3.05) is 5.32 Å². The minimum absolute atomic E-state index is 0.0971. The van der Waals surface area contributed by atoms with Crippen LogP contribution >= 0.6 is 0 Å². The number of carbonyl (C=O) groups is 3. The van der Waals surface area contributed by atoms with Gasteiger partial charge in [0.05, 0.1) is 6.54 Å². The monoisotopic (exact) mass is 408 g/mol. The van der Waals surface area contributed by atoms with E-state index >= 15 is 0 Å². The second-order valence-corrected chi connectivity index (χ2v) is 7.94. The molecule has 0 bridgehead atoms. The number of fused-ring (bicyclic) bond motifs is 1. The Balaban J connectivity index is 1.69. The molecule has 2 aliphatic rings. The highest BCUT2D eigenvalue weighted by Crippen LogP contribution is 2.35. The first-order valence-electron chi connectivity index (χ1n) is 9.47. The molecule has 4 amide bonds. The SMILES string of the molecule is CC1(C)NC(=O)N(Cc2ccc3c(c2)NC(C(N)=O)C=C3c2ccc(F)cc2)C1=O. The molecular formula is C22H21FN4O3. The molecule has 2 aromatic rings. The normalized spacial score (nSPS) is 19.6. The van der Waals surface area contributed by atoms with Gasteiger partial charge in [0.25, 0.3) is 5.91 Å². The molecule has 1 fully saturated rings. The molecule has 0 aliphatic carbocycles. The molecule has 0 aromatic heterocycles. The molecule has 0 radical (unpaired) electrons. The Bertz CT molecular complexity index is 1090. The summed E-state index contributed by atoms with van der Waals surface area (Å²) in [6.45, 7) is 3.40. The standard InChI is InChI=1S/C22H21FN4O3/c1-22(2)20(29)27(21(30)26-22)11-12-3-8-15-16(13-4-6-14(23)7-5-13)10-18(19(24)28)25-17(15)9-12/h3-10,18,25H,11H2,1-2H3,(H2,24,28)(H,26,30). The van der Waals surface area contributed by atoms with E-state index in [1.54, 1.807) is 38.1 Å². The zero-order valence-corrected chi connectivity index (χ0v) is 16.5. The van der Waals surface area contributed by atoms with Crippen molar-refractivity contribution in [2.24, 2.45) is 5.73 Å². The number of rotatable bonds is 4. The zero-order valence-electron chi connectivity index (χ0n) is 16.5. The maximum atomic E-state index is 13.3. The average Bonchev–Trinajstić information content (AvgIpc) is 2.89. The predicted octanol–water partition coefficient (Wildman–Crippen LogP) is 2.37. The molecule has 8 heteroatoms. The number of amides is 4. The molecule has 1 unspecified atom stereocenters. The van der Waals surface area contributed by atoms with Crippen LogP contribution in [0.1, 0.15) is 30.5 Å². The first-order valence-corrected chi connectivity index (χ1v) is 9.47. The molecule has 154 valence electrons. The number of anilines is 1. The Morgan fingerprint density at radius 1 is 1.17 bits per heavy atom. The second kappa shape index (κ2) is 6.98. The number of benzene rings is 2. The number of imide groups is 1. The Labute approximate surface area is 172 Å². The zero-order chi connectivity index (χ0) is 21.6. The van der Waals surface area contributed by atoms with Gasteiger partial charge in [-0.05, 0) is 54.8 Å². The molecule has 30 heavy (non-hydrogen) atoms. The summed E-state index contributed by atoms with van der Waals surface area (Å²) >= 11 is 0. The van der Waals surface area contributed by atoms with Gasteiger partial charge in [0.2, 0.25) is 5.91 Å². The lowest BCUT2D eigenvalue weighted by Crippen LogP contribution is -2.40. The highest BCUT2D eigenvalue weighted by Gasteiger charge is 2.44. The maximum Gasteiger partial charge on any atom is 0.325 e. The fourth-order valence-corrected chi connectivity index (χ4v) is 3.69. The Morgan fingerprint density at radius 2 is 1.87 bits per heavy atom. The summed E-state index contributed by atoms with van der Waals surface area (Å²) in [6, 6.07) is 10.2. The van der Waals surface area contributed by atoms with Crippen molar-refractivity contribution >= 4 is 29.1 Å². The highest BCUT2D eigenvalue weighted by molar-refractivity contribution is 6.06. The molecule has 4 rings (SSSR count). The molecule has 7 nitrogen and oxygen atoms in total. The van der Waals surface area contributed by atoms with Gasteiger partial charge in [0.1, 0.15) is 17.4 Å². The quantitative estimate of drug-likeness (QED) is 0.676. The molecule has 4 N–H and O–H groups in total. The summed E-state index contributed by atoms with van der Waals surface area (Å²) in [4.78, 5) is 37.7.